The van der Waals surface area contributed by atoms with Crippen LogP contribution in [0.15, 0.2) is 23.1 Å². The average Bonchev–Trinajstić information content (AvgIpc) is 2.52. The van der Waals surface area contributed by atoms with E-state index >= 15 is 4.39 Å². The quantitative estimate of drug-likeness (QED) is 0.546. The maximum Gasteiger partial charge on any atom is 0.293 e. The number of benzene rings is 1. The molecule has 0 amide bonds. The van der Waals surface area contributed by atoms with Gasteiger partial charge in [-0.05, 0) is 25.0 Å². The number of primary sulfonamides is 1. The molecule has 2 heterocycles. The normalized spacial score (nSPS) is 21.2. The molecule has 0 atom stereocenters. The zero-order valence-corrected chi connectivity index (χ0v) is 14.9. The highest BCUT2D eigenvalue weighted by Gasteiger charge is 2.38. The maximum absolute atomic E-state index is 15.0. The van der Waals surface area contributed by atoms with E-state index in [0.717, 1.165) is 12.1 Å². The first kappa shape index (κ1) is 19.0. The second kappa shape index (κ2) is 7.06. The molecule has 0 unspecified atom stereocenters. The summed E-state index contributed by atoms with van der Waals surface area (Å²) < 4.78 is 42.9. The predicted octanol–water partition coefficient (Wildman–Crippen LogP) is 0.857. The van der Waals surface area contributed by atoms with E-state index in [2.05, 4.69) is 10.2 Å². The summed E-state index contributed by atoms with van der Waals surface area (Å²) in [5.74, 6) is 0. The lowest BCUT2D eigenvalue weighted by Crippen LogP contribution is -2.55. The van der Waals surface area contributed by atoms with Gasteiger partial charge in [0.1, 0.15) is 11.4 Å². The third kappa shape index (κ3) is 4.11. The van der Waals surface area contributed by atoms with Crippen molar-refractivity contribution in [1.29, 1.82) is 0 Å². The van der Waals surface area contributed by atoms with Crippen molar-refractivity contribution in [3.8, 4) is 0 Å². The van der Waals surface area contributed by atoms with Crippen molar-refractivity contribution in [3.63, 3.8) is 0 Å². The second-order valence-corrected chi connectivity index (χ2v) is 8.27. The molecule has 0 radical (unpaired) electrons. The van der Waals surface area contributed by atoms with E-state index in [4.69, 9.17) is 9.88 Å². The summed E-state index contributed by atoms with van der Waals surface area (Å²) in [6.07, 6.45) is 0.638. The van der Waals surface area contributed by atoms with Gasteiger partial charge in [0.05, 0.1) is 29.1 Å². The summed E-state index contributed by atoms with van der Waals surface area (Å²) in [4.78, 5) is 12.3. The number of piperidine rings is 1. The molecular formula is C15H21FN4O5S. The van der Waals surface area contributed by atoms with E-state index in [1.165, 1.54) is 6.07 Å². The maximum atomic E-state index is 15.0. The van der Waals surface area contributed by atoms with Crippen LogP contribution in [-0.2, 0) is 14.8 Å². The standard InChI is InChI=1S/C15H21FN4O5S/c16-15(3-5-19(6-4-15)11-8-25-9-11)10-18-13-2-1-12(26(17,23)24)7-14(13)20(21)22/h1-2,7,11,18H,3-6,8-10H2,(H2,17,23,24). The minimum absolute atomic E-state index is 0.0641. The van der Waals surface area contributed by atoms with Crippen LogP contribution in [0, 0.1) is 10.1 Å². The van der Waals surface area contributed by atoms with E-state index in [1.807, 2.05) is 0 Å². The van der Waals surface area contributed by atoms with Gasteiger partial charge in [-0.3, -0.25) is 15.0 Å². The molecule has 2 aliphatic heterocycles. The molecule has 3 N–H and O–H groups in total. The Hall–Kier alpha value is -1.82. The molecule has 0 aliphatic carbocycles. The fourth-order valence-electron chi connectivity index (χ4n) is 3.14. The highest BCUT2D eigenvalue weighted by Crippen LogP contribution is 2.32. The number of sulfonamides is 1. The lowest BCUT2D eigenvalue weighted by Gasteiger charge is -2.43. The number of ether oxygens (including phenoxy) is 1. The summed E-state index contributed by atoms with van der Waals surface area (Å²) in [6.45, 7) is 2.50. The number of nitrogens with two attached hydrogens (primary N) is 1. The van der Waals surface area contributed by atoms with Crippen molar-refractivity contribution < 1.29 is 22.5 Å². The average molecular weight is 388 g/mol. The third-order valence-electron chi connectivity index (χ3n) is 4.92. The highest BCUT2D eigenvalue weighted by molar-refractivity contribution is 7.89. The fourth-order valence-corrected chi connectivity index (χ4v) is 3.68. The Balaban J connectivity index is 1.66. The molecular weight excluding hydrogens is 367 g/mol. The highest BCUT2D eigenvalue weighted by atomic mass is 32.2. The zero-order chi connectivity index (χ0) is 18.9. The van der Waals surface area contributed by atoms with Crippen molar-refractivity contribution in [2.45, 2.75) is 29.4 Å². The lowest BCUT2D eigenvalue weighted by atomic mass is 9.92. The van der Waals surface area contributed by atoms with Crippen LogP contribution >= 0.6 is 0 Å². The van der Waals surface area contributed by atoms with Crippen LogP contribution in [-0.4, -0.2) is 62.8 Å². The van der Waals surface area contributed by atoms with Crippen LogP contribution in [0.1, 0.15) is 12.8 Å². The van der Waals surface area contributed by atoms with Gasteiger partial charge in [-0.25, -0.2) is 17.9 Å². The van der Waals surface area contributed by atoms with Crippen molar-refractivity contribution in [1.82, 2.24) is 4.90 Å². The fraction of sp³-hybridized carbons (Fsp3) is 0.600. The number of anilines is 1. The summed E-state index contributed by atoms with van der Waals surface area (Å²) >= 11 is 0. The minimum Gasteiger partial charge on any atom is -0.378 e. The zero-order valence-electron chi connectivity index (χ0n) is 14.1. The van der Waals surface area contributed by atoms with Gasteiger partial charge >= 0.3 is 0 Å². The van der Waals surface area contributed by atoms with Gasteiger partial charge in [-0.15, -0.1) is 0 Å². The number of nitro benzene ring substituents is 1. The second-order valence-electron chi connectivity index (χ2n) is 6.71. The number of likely N-dealkylation sites (tertiary alicyclic amines) is 1. The van der Waals surface area contributed by atoms with Crippen LogP contribution in [0.25, 0.3) is 0 Å². The van der Waals surface area contributed by atoms with Crippen LogP contribution in [0.3, 0.4) is 0 Å². The number of nitrogens with zero attached hydrogens (tertiary/aromatic N) is 2. The van der Waals surface area contributed by atoms with E-state index < -0.39 is 26.3 Å². The Labute approximate surface area is 150 Å². The Bertz CT molecular complexity index is 791. The van der Waals surface area contributed by atoms with Gasteiger partial charge in [0.2, 0.25) is 10.0 Å². The predicted molar refractivity (Wildman–Crippen MR) is 92.2 cm³/mol. The molecule has 1 aromatic carbocycles. The van der Waals surface area contributed by atoms with Gasteiger partial charge in [0.15, 0.2) is 0 Å². The Kier molecular flexibility index (Phi) is 5.15. The molecule has 26 heavy (non-hydrogen) atoms. The van der Waals surface area contributed by atoms with Crippen LogP contribution in [0.2, 0.25) is 0 Å². The molecule has 2 aliphatic rings. The number of alkyl halides is 1. The smallest absolute Gasteiger partial charge is 0.293 e. The SMILES string of the molecule is NS(=O)(=O)c1ccc(NCC2(F)CCN(C3COC3)CC2)c([N+](=O)[O-])c1. The molecule has 0 aromatic heterocycles. The number of nitro groups is 1. The van der Waals surface area contributed by atoms with E-state index in [0.29, 0.717) is 45.2 Å². The van der Waals surface area contributed by atoms with Crippen LogP contribution in [0.4, 0.5) is 15.8 Å². The topological polar surface area (TPSA) is 128 Å². The van der Waals surface area contributed by atoms with Crippen LogP contribution in [0.5, 0.6) is 0 Å². The number of nitrogens with one attached hydrogen (secondary N) is 1. The summed E-state index contributed by atoms with van der Waals surface area (Å²) in [5.41, 5.74) is -1.87. The van der Waals surface area contributed by atoms with Crippen LogP contribution < -0.4 is 10.5 Å². The molecule has 1 aromatic rings. The first-order valence-electron chi connectivity index (χ1n) is 8.24. The summed E-state index contributed by atoms with van der Waals surface area (Å²) in [6, 6.07) is 3.64. The van der Waals surface area contributed by atoms with Gasteiger partial charge in [-0.1, -0.05) is 0 Å². The number of rotatable bonds is 6. The first-order valence-corrected chi connectivity index (χ1v) is 9.78. The Morgan fingerprint density at radius 1 is 1.38 bits per heavy atom. The molecule has 0 saturated carbocycles. The molecule has 3 rings (SSSR count). The molecule has 0 spiro atoms. The van der Waals surface area contributed by atoms with Gasteiger partial charge in [0.25, 0.3) is 5.69 Å². The van der Waals surface area contributed by atoms with E-state index in [-0.39, 0.29) is 17.1 Å². The van der Waals surface area contributed by atoms with Gasteiger partial charge in [0, 0.05) is 25.7 Å². The Morgan fingerprint density at radius 2 is 2.04 bits per heavy atom. The third-order valence-corrected chi connectivity index (χ3v) is 5.83. The van der Waals surface area contributed by atoms with E-state index in [1.54, 1.807) is 0 Å². The number of halogens is 1. The number of hydrogen-bond acceptors (Lipinski definition) is 7. The minimum atomic E-state index is -4.06. The molecule has 2 saturated heterocycles. The Morgan fingerprint density at radius 3 is 2.54 bits per heavy atom. The van der Waals surface area contributed by atoms with Crippen molar-refractivity contribution in [2.75, 3.05) is 38.2 Å². The lowest BCUT2D eigenvalue weighted by molar-refractivity contribution is -0.384. The van der Waals surface area contributed by atoms with Crippen molar-refractivity contribution in [2.24, 2.45) is 5.14 Å². The largest absolute Gasteiger partial charge is 0.378 e. The first-order chi connectivity index (χ1) is 12.2. The summed E-state index contributed by atoms with van der Waals surface area (Å²) in [7, 11) is -4.06. The van der Waals surface area contributed by atoms with Gasteiger partial charge < -0.3 is 10.1 Å². The monoisotopic (exact) mass is 388 g/mol. The molecule has 0 bridgehead atoms. The van der Waals surface area contributed by atoms with Crippen molar-refractivity contribution >= 4 is 21.4 Å². The van der Waals surface area contributed by atoms with E-state index in [9.17, 15) is 18.5 Å². The molecule has 11 heteroatoms. The van der Waals surface area contributed by atoms with Gasteiger partial charge in [-0.2, -0.15) is 0 Å². The molecule has 2 fully saturated rings. The summed E-state index contributed by atoms with van der Waals surface area (Å²) in [5, 5.41) is 19.0. The molecule has 144 valence electrons. The van der Waals surface area contributed by atoms with Crippen molar-refractivity contribution in [3.05, 3.63) is 28.3 Å². The number of hydrogen-bond donors (Lipinski definition) is 2. The molecule has 9 nitrogen and oxygen atoms in total.